The standard InChI is InChI=1S/C15H25NO5/c1-15(2,3)21-14(19)16-12(9-13(18)20-4)10-5-7-11(17)8-6-10/h10,12H,5-9H2,1-4H3,(H,16,19)/t12-/m0/s1. The second-order valence-corrected chi connectivity index (χ2v) is 6.41. The van der Waals surface area contributed by atoms with Crippen LogP contribution in [0.4, 0.5) is 4.79 Å². The Morgan fingerprint density at radius 1 is 1.29 bits per heavy atom. The number of hydrogen-bond donors (Lipinski definition) is 1. The SMILES string of the molecule is COC(=O)C[C@H](NC(=O)OC(C)(C)C)C1CCC(=O)CC1. The van der Waals surface area contributed by atoms with E-state index in [1.807, 2.05) is 0 Å². The summed E-state index contributed by atoms with van der Waals surface area (Å²) >= 11 is 0. The van der Waals surface area contributed by atoms with Crippen molar-refractivity contribution in [3.63, 3.8) is 0 Å². The van der Waals surface area contributed by atoms with E-state index in [4.69, 9.17) is 4.74 Å². The number of methoxy groups -OCH3 is 1. The van der Waals surface area contributed by atoms with E-state index in [-0.39, 0.29) is 30.1 Å². The minimum atomic E-state index is -0.595. The van der Waals surface area contributed by atoms with Gasteiger partial charge in [-0.1, -0.05) is 0 Å². The van der Waals surface area contributed by atoms with E-state index in [9.17, 15) is 14.4 Å². The topological polar surface area (TPSA) is 81.7 Å². The molecule has 1 N–H and O–H groups in total. The molecule has 120 valence electrons. The van der Waals surface area contributed by atoms with Gasteiger partial charge in [0.05, 0.1) is 13.5 Å². The molecule has 0 heterocycles. The molecule has 21 heavy (non-hydrogen) atoms. The van der Waals surface area contributed by atoms with Crippen molar-refractivity contribution in [3.8, 4) is 0 Å². The Balaban J connectivity index is 2.66. The molecule has 0 aromatic heterocycles. The van der Waals surface area contributed by atoms with E-state index in [1.54, 1.807) is 20.8 Å². The number of hydrogen-bond acceptors (Lipinski definition) is 5. The zero-order valence-electron chi connectivity index (χ0n) is 13.2. The number of nitrogens with one attached hydrogen (secondary N) is 1. The maximum atomic E-state index is 11.9. The molecule has 1 amide bonds. The number of alkyl carbamates (subject to hydrolysis) is 1. The van der Waals surface area contributed by atoms with E-state index in [2.05, 4.69) is 10.1 Å². The maximum absolute atomic E-state index is 11.9. The lowest BCUT2D eigenvalue weighted by Crippen LogP contribution is -2.45. The number of ether oxygens (including phenoxy) is 2. The fraction of sp³-hybridized carbons (Fsp3) is 0.800. The molecule has 1 saturated carbocycles. The minimum Gasteiger partial charge on any atom is -0.469 e. The molecule has 1 aliphatic carbocycles. The molecule has 0 aromatic carbocycles. The first kappa shape index (κ1) is 17.5. The number of rotatable bonds is 4. The lowest BCUT2D eigenvalue weighted by molar-refractivity contribution is -0.141. The van der Waals surface area contributed by atoms with Gasteiger partial charge in [0.1, 0.15) is 11.4 Å². The van der Waals surface area contributed by atoms with Gasteiger partial charge in [-0.05, 0) is 39.5 Å². The van der Waals surface area contributed by atoms with Crippen LogP contribution >= 0.6 is 0 Å². The van der Waals surface area contributed by atoms with Crippen LogP contribution in [0.15, 0.2) is 0 Å². The highest BCUT2D eigenvalue weighted by atomic mass is 16.6. The molecular weight excluding hydrogens is 274 g/mol. The van der Waals surface area contributed by atoms with Crippen LogP contribution in [0.2, 0.25) is 0 Å². The van der Waals surface area contributed by atoms with Crippen LogP contribution in [0, 0.1) is 5.92 Å². The average Bonchev–Trinajstić information content (AvgIpc) is 2.36. The zero-order valence-corrected chi connectivity index (χ0v) is 13.2. The summed E-state index contributed by atoms with van der Waals surface area (Å²) in [7, 11) is 1.32. The number of carbonyl (C=O) groups excluding carboxylic acids is 3. The maximum Gasteiger partial charge on any atom is 0.407 e. The van der Waals surface area contributed by atoms with Crippen molar-refractivity contribution in [1.29, 1.82) is 0 Å². The summed E-state index contributed by atoms with van der Waals surface area (Å²) in [6.07, 6.45) is 1.89. The van der Waals surface area contributed by atoms with Crippen molar-refractivity contribution < 1.29 is 23.9 Å². The quantitative estimate of drug-likeness (QED) is 0.805. The summed E-state index contributed by atoms with van der Waals surface area (Å²) in [5.41, 5.74) is -0.595. The largest absolute Gasteiger partial charge is 0.469 e. The lowest BCUT2D eigenvalue weighted by atomic mass is 9.82. The number of esters is 1. The molecule has 1 atom stereocenters. The average molecular weight is 299 g/mol. The van der Waals surface area contributed by atoms with Crippen molar-refractivity contribution in [2.24, 2.45) is 5.92 Å². The van der Waals surface area contributed by atoms with Gasteiger partial charge in [0.2, 0.25) is 0 Å². The van der Waals surface area contributed by atoms with Gasteiger partial charge in [-0.3, -0.25) is 9.59 Å². The van der Waals surface area contributed by atoms with Gasteiger partial charge in [-0.25, -0.2) is 4.79 Å². The third-order valence-electron chi connectivity index (χ3n) is 3.47. The molecule has 0 aromatic rings. The first-order valence-corrected chi connectivity index (χ1v) is 7.29. The highest BCUT2D eigenvalue weighted by molar-refractivity contribution is 5.79. The van der Waals surface area contributed by atoms with Gasteiger partial charge >= 0.3 is 12.1 Å². The van der Waals surface area contributed by atoms with Gasteiger partial charge in [0.15, 0.2) is 0 Å². The second-order valence-electron chi connectivity index (χ2n) is 6.41. The molecule has 1 aliphatic rings. The summed E-state index contributed by atoms with van der Waals surface area (Å²) < 4.78 is 9.90. The van der Waals surface area contributed by atoms with E-state index in [0.29, 0.717) is 25.7 Å². The number of Topliss-reactive ketones (excluding diaryl/α,β-unsaturated/α-hetero) is 1. The second kappa shape index (κ2) is 7.43. The van der Waals surface area contributed by atoms with Crippen molar-refractivity contribution in [2.45, 2.75) is 64.5 Å². The van der Waals surface area contributed by atoms with Gasteiger partial charge in [0, 0.05) is 18.9 Å². The van der Waals surface area contributed by atoms with Crippen LogP contribution in [0.5, 0.6) is 0 Å². The fourth-order valence-electron chi connectivity index (χ4n) is 2.42. The summed E-state index contributed by atoms with van der Waals surface area (Å²) in [5, 5.41) is 2.75. The molecule has 6 heteroatoms. The van der Waals surface area contributed by atoms with Gasteiger partial charge in [-0.2, -0.15) is 0 Å². The van der Waals surface area contributed by atoms with Crippen molar-refractivity contribution in [1.82, 2.24) is 5.32 Å². The molecular formula is C15H25NO5. The summed E-state index contributed by atoms with van der Waals surface area (Å²) in [6, 6.07) is -0.361. The zero-order chi connectivity index (χ0) is 16.0. The Labute approximate surface area is 125 Å². The highest BCUT2D eigenvalue weighted by Gasteiger charge is 2.31. The predicted octanol–water partition coefficient (Wildman–Crippen LogP) is 2.20. The van der Waals surface area contributed by atoms with Crippen LogP contribution < -0.4 is 5.32 Å². The van der Waals surface area contributed by atoms with Crippen molar-refractivity contribution >= 4 is 17.8 Å². The molecule has 0 saturated heterocycles. The van der Waals surface area contributed by atoms with Gasteiger partial charge in [0.25, 0.3) is 0 Å². The van der Waals surface area contributed by atoms with E-state index in [1.165, 1.54) is 7.11 Å². The number of amides is 1. The predicted molar refractivity (Wildman–Crippen MR) is 76.8 cm³/mol. The highest BCUT2D eigenvalue weighted by Crippen LogP contribution is 2.26. The van der Waals surface area contributed by atoms with Crippen molar-refractivity contribution in [2.75, 3.05) is 7.11 Å². The Kier molecular flexibility index (Phi) is 6.18. The first-order valence-electron chi connectivity index (χ1n) is 7.29. The Morgan fingerprint density at radius 3 is 2.33 bits per heavy atom. The molecule has 0 unspecified atom stereocenters. The summed E-state index contributed by atoms with van der Waals surface area (Å²) in [4.78, 5) is 34.7. The monoisotopic (exact) mass is 299 g/mol. The first-order chi connectivity index (χ1) is 9.71. The summed E-state index contributed by atoms with van der Waals surface area (Å²) in [5.74, 6) is -0.0531. The van der Waals surface area contributed by atoms with E-state index < -0.39 is 11.7 Å². The summed E-state index contributed by atoms with van der Waals surface area (Å²) in [6.45, 7) is 5.34. The molecule has 1 fully saturated rings. The normalized spacial score (nSPS) is 18.0. The minimum absolute atomic E-state index is 0.0919. The van der Waals surface area contributed by atoms with Gasteiger partial charge in [-0.15, -0.1) is 0 Å². The number of carbonyl (C=O) groups is 3. The third-order valence-corrected chi connectivity index (χ3v) is 3.47. The third kappa shape index (κ3) is 6.60. The Hall–Kier alpha value is -1.59. The Morgan fingerprint density at radius 2 is 1.86 bits per heavy atom. The van der Waals surface area contributed by atoms with Crippen LogP contribution in [0.3, 0.4) is 0 Å². The molecule has 0 bridgehead atoms. The smallest absolute Gasteiger partial charge is 0.407 e. The van der Waals surface area contributed by atoms with Crippen LogP contribution in [-0.4, -0.2) is 36.6 Å². The lowest BCUT2D eigenvalue weighted by Gasteiger charge is -2.30. The molecule has 0 spiro atoms. The van der Waals surface area contributed by atoms with Gasteiger partial charge < -0.3 is 14.8 Å². The van der Waals surface area contributed by atoms with E-state index in [0.717, 1.165) is 0 Å². The fourth-order valence-corrected chi connectivity index (χ4v) is 2.42. The molecule has 0 aliphatic heterocycles. The Bertz CT molecular complexity index is 389. The molecule has 0 radical (unpaired) electrons. The molecule has 1 rings (SSSR count). The van der Waals surface area contributed by atoms with Crippen LogP contribution in [0.1, 0.15) is 52.9 Å². The van der Waals surface area contributed by atoms with E-state index >= 15 is 0 Å². The van der Waals surface area contributed by atoms with Crippen molar-refractivity contribution in [3.05, 3.63) is 0 Å². The molecule has 6 nitrogen and oxygen atoms in total. The number of ketones is 1. The van der Waals surface area contributed by atoms with Crippen LogP contribution in [-0.2, 0) is 19.1 Å². The van der Waals surface area contributed by atoms with Crippen LogP contribution in [0.25, 0.3) is 0 Å².